The van der Waals surface area contributed by atoms with Crippen molar-refractivity contribution in [2.24, 2.45) is 0 Å². The highest BCUT2D eigenvalue weighted by Gasteiger charge is 2.10. The van der Waals surface area contributed by atoms with Gasteiger partial charge in [0.25, 0.3) is 0 Å². The Labute approximate surface area is 113 Å². The molecule has 0 spiro atoms. The van der Waals surface area contributed by atoms with Crippen LogP contribution in [-0.2, 0) is 0 Å². The van der Waals surface area contributed by atoms with Gasteiger partial charge >= 0.3 is 0 Å². The van der Waals surface area contributed by atoms with Crippen LogP contribution < -0.4 is 0 Å². The van der Waals surface area contributed by atoms with Gasteiger partial charge in [-0.2, -0.15) is 0 Å². The first kappa shape index (κ1) is 10.9. The molecule has 2 rings (SSSR count). The van der Waals surface area contributed by atoms with Crippen molar-refractivity contribution in [1.29, 1.82) is 0 Å². The van der Waals surface area contributed by atoms with E-state index in [0.717, 1.165) is 18.9 Å². The molecular formula is C9H3BrCl2IN. The Morgan fingerprint density at radius 2 is 2.00 bits per heavy atom. The molecule has 0 atom stereocenters. The zero-order valence-corrected chi connectivity index (χ0v) is 11.9. The van der Waals surface area contributed by atoms with E-state index in [1.165, 1.54) is 0 Å². The van der Waals surface area contributed by atoms with Crippen LogP contribution in [0.15, 0.2) is 22.8 Å². The molecule has 0 bridgehead atoms. The van der Waals surface area contributed by atoms with Gasteiger partial charge in [0.05, 0.1) is 19.1 Å². The molecular weight excluding hydrogens is 400 g/mol. The van der Waals surface area contributed by atoms with Crippen LogP contribution in [0.2, 0.25) is 10.0 Å². The molecule has 0 aliphatic heterocycles. The second-order valence-corrected chi connectivity index (χ2v) is 5.47. The number of rotatable bonds is 0. The van der Waals surface area contributed by atoms with E-state index in [0.29, 0.717) is 10.0 Å². The Bertz CT molecular complexity index is 516. The maximum absolute atomic E-state index is 6.15. The maximum atomic E-state index is 6.15. The third kappa shape index (κ3) is 1.75. The monoisotopic (exact) mass is 401 g/mol. The summed E-state index contributed by atoms with van der Waals surface area (Å²) in [4.78, 5) is 4.28. The lowest BCUT2D eigenvalue weighted by molar-refractivity contribution is 1.38. The number of hydrogen-bond acceptors (Lipinski definition) is 1. The van der Waals surface area contributed by atoms with Gasteiger partial charge in [0.2, 0.25) is 0 Å². The van der Waals surface area contributed by atoms with Crippen molar-refractivity contribution in [3.8, 4) is 0 Å². The predicted octanol–water partition coefficient (Wildman–Crippen LogP) is 4.91. The van der Waals surface area contributed by atoms with Gasteiger partial charge in [-0.1, -0.05) is 23.2 Å². The van der Waals surface area contributed by atoms with Gasteiger partial charge in [0, 0.05) is 16.1 Å². The van der Waals surface area contributed by atoms with Crippen LogP contribution in [-0.4, -0.2) is 4.98 Å². The highest BCUT2D eigenvalue weighted by atomic mass is 127. The largest absolute Gasteiger partial charge is 0.254 e. The van der Waals surface area contributed by atoms with Crippen molar-refractivity contribution in [3.63, 3.8) is 0 Å². The van der Waals surface area contributed by atoms with E-state index < -0.39 is 0 Å². The number of nitrogens with zero attached hydrogens (tertiary/aromatic N) is 1. The summed E-state index contributed by atoms with van der Waals surface area (Å²) in [6.07, 6.45) is 1.73. The highest BCUT2D eigenvalue weighted by molar-refractivity contribution is 14.1. The van der Waals surface area contributed by atoms with Gasteiger partial charge in [-0.05, 0) is 50.7 Å². The lowest BCUT2D eigenvalue weighted by Gasteiger charge is -2.05. The predicted molar refractivity (Wildman–Crippen MR) is 72.2 cm³/mol. The van der Waals surface area contributed by atoms with E-state index in [1.54, 1.807) is 12.3 Å². The molecule has 0 saturated carbocycles. The summed E-state index contributed by atoms with van der Waals surface area (Å²) >= 11 is 17.7. The van der Waals surface area contributed by atoms with E-state index in [-0.39, 0.29) is 0 Å². The average molecular weight is 403 g/mol. The fraction of sp³-hybridized carbons (Fsp3) is 0. The van der Waals surface area contributed by atoms with Crippen LogP contribution in [0.1, 0.15) is 0 Å². The van der Waals surface area contributed by atoms with E-state index in [2.05, 4.69) is 43.5 Å². The van der Waals surface area contributed by atoms with Gasteiger partial charge in [-0.3, -0.25) is 4.98 Å². The second-order valence-electron chi connectivity index (χ2n) is 2.67. The fourth-order valence-electron chi connectivity index (χ4n) is 1.17. The first-order chi connectivity index (χ1) is 6.61. The van der Waals surface area contributed by atoms with Crippen molar-refractivity contribution in [2.45, 2.75) is 0 Å². The standard InChI is InChI=1S/C9H3BrCl2IN/c10-4-1-2-5(11)7-8(12)6(13)3-14-9(4)7/h1-3H. The number of fused-ring (bicyclic) bond motifs is 1. The van der Waals surface area contributed by atoms with Gasteiger partial charge in [-0.25, -0.2) is 0 Å². The lowest BCUT2D eigenvalue weighted by Crippen LogP contribution is -1.86. The van der Waals surface area contributed by atoms with E-state index in [1.807, 2.05) is 6.07 Å². The number of benzene rings is 1. The number of aromatic nitrogens is 1. The molecule has 0 aliphatic rings. The first-order valence-electron chi connectivity index (χ1n) is 3.69. The minimum absolute atomic E-state index is 0.624. The normalized spacial score (nSPS) is 10.9. The zero-order chi connectivity index (χ0) is 10.3. The smallest absolute Gasteiger partial charge is 0.0874 e. The van der Waals surface area contributed by atoms with Crippen LogP contribution in [0.3, 0.4) is 0 Å². The fourth-order valence-corrected chi connectivity index (χ4v) is 2.55. The van der Waals surface area contributed by atoms with Gasteiger partial charge in [0.1, 0.15) is 0 Å². The third-order valence-electron chi connectivity index (χ3n) is 1.81. The molecule has 0 saturated heterocycles. The average Bonchev–Trinajstić information content (AvgIpc) is 2.16. The maximum Gasteiger partial charge on any atom is 0.0874 e. The molecule has 0 amide bonds. The Kier molecular flexibility index (Phi) is 3.21. The quantitative estimate of drug-likeness (QED) is 0.571. The summed E-state index contributed by atoms with van der Waals surface area (Å²) in [5.74, 6) is 0. The molecule has 2 aromatic rings. The van der Waals surface area contributed by atoms with Gasteiger partial charge in [-0.15, -0.1) is 0 Å². The van der Waals surface area contributed by atoms with Crippen molar-refractivity contribution in [3.05, 3.63) is 36.4 Å². The number of halogens is 4. The molecule has 0 fully saturated rings. The molecule has 0 aliphatic carbocycles. The van der Waals surface area contributed by atoms with E-state index >= 15 is 0 Å². The number of hydrogen-bond donors (Lipinski definition) is 0. The summed E-state index contributed by atoms with van der Waals surface area (Å²) in [7, 11) is 0. The van der Waals surface area contributed by atoms with Crippen LogP contribution >= 0.6 is 61.7 Å². The third-order valence-corrected chi connectivity index (χ3v) is 4.30. The van der Waals surface area contributed by atoms with Crippen LogP contribution in [0.5, 0.6) is 0 Å². The number of pyridine rings is 1. The summed E-state index contributed by atoms with van der Waals surface area (Å²) < 4.78 is 1.80. The van der Waals surface area contributed by atoms with Crippen LogP contribution in [0.25, 0.3) is 10.9 Å². The van der Waals surface area contributed by atoms with Gasteiger partial charge in [0.15, 0.2) is 0 Å². The molecule has 1 aromatic heterocycles. The SMILES string of the molecule is Clc1ccc(Br)c2ncc(I)c(Cl)c12. The van der Waals surface area contributed by atoms with Crippen molar-refractivity contribution < 1.29 is 0 Å². The molecule has 1 nitrogen and oxygen atoms in total. The van der Waals surface area contributed by atoms with Crippen LogP contribution in [0, 0.1) is 3.57 Å². The molecule has 5 heteroatoms. The van der Waals surface area contributed by atoms with E-state index in [9.17, 15) is 0 Å². The molecule has 0 unspecified atom stereocenters. The molecule has 0 N–H and O–H groups in total. The van der Waals surface area contributed by atoms with E-state index in [4.69, 9.17) is 23.2 Å². The Hall–Kier alpha value is 0.420. The van der Waals surface area contributed by atoms with Crippen molar-refractivity contribution >= 4 is 72.6 Å². The van der Waals surface area contributed by atoms with Crippen molar-refractivity contribution in [1.82, 2.24) is 4.98 Å². The minimum atomic E-state index is 0.624. The lowest BCUT2D eigenvalue weighted by atomic mass is 10.2. The first-order valence-corrected chi connectivity index (χ1v) is 6.31. The zero-order valence-electron chi connectivity index (χ0n) is 6.69. The minimum Gasteiger partial charge on any atom is -0.254 e. The molecule has 1 aromatic carbocycles. The molecule has 0 radical (unpaired) electrons. The Balaban J connectivity index is 3.01. The van der Waals surface area contributed by atoms with Crippen molar-refractivity contribution in [2.75, 3.05) is 0 Å². The molecule has 72 valence electrons. The topological polar surface area (TPSA) is 12.9 Å². The highest BCUT2D eigenvalue weighted by Crippen LogP contribution is 2.35. The van der Waals surface area contributed by atoms with Crippen LogP contribution in [0.4, 0.5) is 0 Å². The Morgan fingerprint density at radius 1 is 1.29 bits per heavy atom. The summed E-state index contributed by atoms with van der Waals surface area (Å²) in [6.45, 7) is 0. The molecule has 14 heavy (non-hydrogen) atoms. The molecule has 1 heterocycles. The summed E-state index contributed by atoms with van der Waals surface area (Å²) in [5, 5.41) is 2.08. The summed E-state index contributed by atoms with van der Waals surface area (Å²) in [6, 6.07) is 3.67. The summed E-state index contributed by atoms with van der Waals surface area (Å²) in [5.41, 5.74) is 0.794. The van der Waals surface area contributed by atoms with Gasteiger partial charge < -0.3 is 0 Å². The second kappa shape index (κ2) is 4.12. The Morgan fingerprint density at radius 3 is 2.71 bits per heavy atom.